The van der Waals surface area contributed by atoms with Crippen LogP contribution in [0.3, 0.4) is 0 Å². The van der Waals surface area contributed by atoms with Crippen LogP contribution in [0.4, 0.5) is 4.39 Å². The van der Waals surface area contributed by atoms with Crippen molar-refractivity contribution in [2.24, 2.45) is 5.73 Å². The summed E-state index contributed by atoms with van der Waals surface area (Å²) in [6.45, 7) is 0. The molecule has 1 fully saturated rings. The maximum absolute atomic E-state index is 12.9. The van der Waals surface area contributed by atoms with Crippen LogP contribution < -0.4 is 5.73 Å². The van der Waals surface area contributed by atoms with Crippen LogP contribution in [0.1, 0.15) is 23.5 Å². The Morgan fingerprint density at radius 3 is 2.77 bits per heavy atom. The fraction of sp³-hybridized carbons (Fsp3) is 0.300. The number of nitrogens with zero attached hydrogens (tertiary/aromatic N) is 1. The molecule has 3 heteroatoms. The topological polar surface area (TPSA) is 49.8 Å². The summed E-state index contributed by atoms with van der Waals surface area (Å²) >= 11 is 0. The molecular weight excluding hydrogens is 167 g/mol. The quantitative estimate of drug-likeness (QED) is 0.705. The molecule has 2 N–H and O–H groups in total. The molecule has 1 aliphatic rings. The summed E-state index contributed by atoms with van der Waals surface area (Å²) in [4.78, 5) is 0. The predicted octanol–water partition coefficient (Wildman–Crippen LogP) is 1.51. The Balaban J connectivity index is 2.35. The van der Waals surface area contributed by atoms with Crippen molar-refractivity contribution in [3.05, 3.63) is 35.1 Å². The summed E-state index contributed by atoms with van der Waals surface area (Å²) in [6.07, 6.45) is 0.941. The van der Waals surface area contributed by atoms with Gasteiger partial charge in [0, 0.05) is 12.0 Å². The number of hydrogen-bond donors (Lipinski definition) is 1. The van der Waals surface area contributed by atoms with Gasteiger partial charge >= 0.3 is 0 Å². The smallest absolute Gasteiger partial charge is 0.140 e. The molecule has 2 atom stereocenters. The third-order valence-corrected chi connectivity index (χ3v) is 2.38. The Labute approximate surface area is 75.8 Å². The van der Waals surface area contributed by atoms with Gasteiger partial charge in [-0.2, -0.15) is 5.26 Å². The molecule has 0 spiro atoms. The summed E-state index contributed by atoms with van der Waals surface area (Å²) < 4.78 is 12.9. The minimum absolute atomic E-state index is 0.108. The highest BCUT2D eigenvalue weighted by molar-refractivity contribution is 5.38. The first-order valence-corrected chi connectivity index (χ1v) is 4.17. The molecule has 0 saturated heterocycles. The third kappa shape index (κ3) is 1.41. The van der Waals surface area contributed by atoms with Gasteiger partial charge in [0.2, 0.25) is 0 Å². The van der Waals surface area contributed by atoms with Crippen LogP contribution in [0, 0.1) is 17.1 Å². The van der Waals surface area contributed by atoms with E-state index >= 15 is 0 Å². The van der Waals surface area contributed by atoms with Crippen LogP contribution in [0.15, 0.2) is 18.2 Å². The Morgan fingerprint density at radius 2 is 2.23 bits per heavy atom. The number of halogens is 1. The van der Waals surface area contributed by atoms with Crippen molar-refractivity contribution in [1.82, 2.24) is 0 Å². The van der Waals surface area contributed by atoms with Gasteiger partial charge in [0.1, 0.15) is 11.9 Å². The van der Waals surface area contributed by atoms with E-state index in [0.29, 0.717) is 5.92 Å². The molecule has 1 aromatic carbocycles. The lowest BCUT2D eigenvalue weighted by Crippen LogP contribution is -2.01. The summed E-state index contributed by atoms with van der Waals surface area (Å²) in [5, 5.41) is 8.59. The standard InChI is InChI=1S/C10H9FN2/c11-9-2-1-6(3-7(9)5-12)8-4-10(8)13/h1-3,8,10H,4,13H2. The van der Waals surface area contributed by atoms with Crippen LogP contribution in [0.5, 0.6) is 0 Å². The first-order chi connectivity index (χ1) is 6.22. The van der Waals surface area contributed by atoms with Crippen molar-refractivity contribution in [3.8, 4) is 6.07 Å². The normalized spacial score (nSPS) is 25.3. The van der Waals surface area contributed by atoms with Crippen LogP contribution in [-0.4, -0.2) is 6.04 Å². The lowest BCUT2D eigenvalue weighted by atomic mass is 10.1. The highest BCUT2D eigenvalue weighted by atomic mass is 19.1. The average molecular weight is 176 g/mol. The van der Waals surface area contributed by atoms with Crippen molar-refractivity contribution in [2.75, 3.05) is 0 Å². The summed E-state index contributed by atoms with van der Waals surface area (Å²) in [7, 11) is 0. The Kier molecular flexibility index (Phi) is 1.78. The zero-order valence-corrected chi connectivity index (χ0v) is 7.00. The third-order valence-electron chi connectivity index (χ3n) is 2.38. The molecule has 0 radical (unpaired) electrons. The average Bonchev–Trinajstić information content (AvgIpc) is 2.84. The molecule has 0 heterocycles. The number of benzene rings is 1. The molecule has 1 aliphatic carbocycles. The molecule has 1 saturated carbocycles. The van der Waals surface area contributed by atoms with Crippen molar-refractivity contribution >= 4 is 0 Å². The van der Waals surface area contributed by atoms with Crippen molar-refractivity contribution in [1.29, 1.82) is 5.26 Å². The number of nitrogens with two attached hydrogens (primary N) is 1. The first kappa shape index (κ1) is 8.21. The van der Waals surface area contributed by atoms with Gasteiger partial charge in [-0.05, 0) is 24.1 Å². The number of hydrogen-bond acceptors (Lipinski definition) is 2. The zero-order valence-electron chi connectivity index (χ0n) is 7.00. The van der Waals surface area contributed by atoms with Gasteiger partial charge in [-0.3, -0.25) is 0 Å². The molecule has 2 unspecified atom stereocenters. The molecule has 13 heavy (non-hydrogen) atoms. The minimum atomic E-state index is -0.458. The van der Waals surface area contributed by atoms with E-state index in [1.807, 2.05) is 6.07 Å². The fourth-order valence-corrected chi connectivity index (χ4v) is 1.46. The van der Waals surface area contributed by atoms with E-state index in [4.69, 9.17) is 11.0 Å². The van der Waals surface area contributed by atoms with Crippen LogP contribution >= 0.6 is 0 Å². The molecule has 2 rings (SSSR count). The van der Waals surface area contributed by atoms with Gasteiger partial charge in [-0.1, -0.05) is 6.07 Å². The largest absolute Gasteiger partial charge is 0.327 e. The second kappa shape index (κ2) is 2.82. The lowest BCUT2D eigenvalue weighted by Gasteiger charge is -1.99. The lowest BCUT2D eigenvalue weighted by molar-refractivity contribution is 0.623. The Bertz CT molecular complexity index is 381. The highest BCUT2D eigenvalue weighted by Gasteiger charge is 2.34. The zero-order chi connectivity index (χ0) is 9.42. The molecule has 0 bridgehead atoms. The monoisotopic (exact) mass is 176 g/mol. The van der Waals surface area contributed by atoms with Gasteiger partial charge in [0.05, 0.1) is 5.56 Å². The summed E-state index contributed by atoms with van der Waals surface area (Å²) in [5.41, 5.74) is 6.74. The molecule has 0 amide bonds. The van der Waals surface area contributed by atoms with Gasteiger partial charge in [-0.15, -0.1) is 0 Å². The highest BCUT2D eigenvalue weighted by Crippen LogP contribution is 2.39. The van der Waals surface area contributed by atoms with Crippen molar-refractivity contribution in [3.63, 3.8) is 0 Å². The van der Waals surface area contributed by atoms with Crippen LogP contribution in [0.2, 0.25) is 0 Å². The van der Waals surface area contributed by atoms with Gasteiger partial charge in [0.25, 0.3) is 0 Å². The molecular formula is C10H9FN2. The molecule has 0 aliphatic heterocycles. The van der Waals surface area contributed by atoms with Gasteiger partial charge < -0.3 is 5.73 Å². The number of rotatable bonds is 1. The molecule has 1 aromatic rings. The van der Waals surface area contributed by atoms with Crippen molar-refractivity contribution < 1.29 is 4.39 Å². The predicted molar refractivity (Wildman–Crippen MR) is 46.4 cm³/mol. The fourth-order valence-electron chi connectivity index (χ4n) is 1.46. The number of nitriles is 1. The van der Waals surface area contributed by atoms with Gasteiger partial charge in [0.15, 0.2) is 0 Å². The second-order valence-electron chi connectivity index (χ2n) is 3.36. The maximum atomic E-state index is 12.9. The van der Waals surface area contributed by atoms with E-state index in [-0.39, 0.29) is 11.6 Å². The second-order valence-corrected chi connectivity index (χ2v) is 3.36. The van der Waals surface area contributed by atoms with E-state index in [0.717, 1.165) is 12.0 Å². The SMILES string of the molecule is N#Cc1cc(C2CC2N)ccc1F. The van der Waals surface area contributed by atoms with Gasteiger partial charge in [-0.25, -0.2) is 4.39 Å². The minimum Gasteiger partial charge on any atom is -0.327 e. The first-order valence-electron chi connectivity index (χ1n) is 4.17. The maximum Gasteiger partial charge on any atom is 0.140 e. The van der Waals surface area contributed by atoms with E-state index in [1.54, 1.807) is 12.1 Å². The van der Waals surface area contributed by atoms with E-state index in [1.165, 1.54) is 6.07 Å². The Hall–Kier alpha value is -1.40. The molecule has 2 nitrogen and oxygen atoms in total. The molecule has 66 valence electrons. The van der Waals surface area contributed by atoms with E-state index in [9.17, 15) is 4.39 Å². The Morgan fingerprint density at radius 1 is 1.54 bits per heavy atom. The molecule has 0 aromatic heterocycles. The van der Waals surface area contributed by atoms with Crippen LogP contribution in [-0.2, 0) is 0 Å². The van der Waals surface area contributed by atoms with Crippen molar-refractivity contribution in [2.45, 2.75) is 18.4 Å². The van der Waals surface area contributed by atoms with E-state index < -0.39 is 5.82 Å². The van der Waals surface area contributed by atoms with E-state index in [2.05, 4.69) is 0 Å². The summed E-state index contributed by atoms with van der Waals surface area (Å²) in [5.74, 6) is -0.131. The van der Waals surface area contributed by atoms with Crippen LogP contribution in [0.25, 0.3) is 0 Å². The summed E-state index contributed by atoms with van der Waals surface area (Å²) in [6, 6.07) is 6.63.